The molecule has 0 N–H and O–H groups in total. The highest BCUT2D eigenvalue weighted by atomic mass is 16.6. The molecular weight excluding hydrogens is 436 g/mol. The molecule has 0 saturated heterocycles. The maximum atomic E-state index is 13.1. The minimum atomic E-state index is -1.00. The maximum Gasteiger partial charge on any atom is 0.348 e. The predicted octanol–water partition coefficient (Wildman–Crippen LogP) is 7.07. The van der Waals surface area contributed by atoms with Gasteiger partial charge in [-0.15, -0.1) is 0 Å². The molecule has 5 aromatic rings. The molecule has 5 aromatic carbocycles. The summed E-state index contributed by atoms with van der Waals surface area (Å²) < 4.78 is 11.4. The Bertz CT molecular complexity index is 1500. The molecule has 5 rings (SSSR count). The van der Waals surface area contributed by atoms with Gasteiger partial charge >= 0.3 is 11.9 Å². The van der Waals surface area contributed by atoms with Gasteiger partial charge < -0.3 is 9.47 Å². The molecule has 0 bridgehead atoms. The first-order chi connectivity index (χ1) is 17.0. The molecule has 0 aromatic heterocycles. The molecule has 0 aliphatic carbocycles. The van der Waals surface area contributed by atoms with Gasteiger partial charge in [-0.25, -0.2) is 9.59 Å². The molecule has 0 spiro atoms. The normalized spacial score (nSPS) is 12.2. The van der Waals surface area contributed by atoms with Crippen LogP contribution in [0.5, 0.6) is 0 Å². The molecule has 4 heteroatoms. The Morgan fingerprint density at radius 3 is 1.89 bits per heavy atom. The van der Waals surface area contributed by atoms with Crippen LogP contribution in [0.1, 0.15) is 29.8 Å². The summed E-state index contributed by atoms with van der Waals surface area (Å²) in [7, 11) is 0. The van der Waals surface area contributed by atoms with Gasteiger partial charge in [-0.05, 0) is 50.5 Å². The van der Waals surface area contributed by atoms with Crippen LogP contribution >= 0.6 is 0 Å². The zero-order chi connectivity index (χ0) is 24.4. The fourth-order valence-electron chi connectivity index (χ4n) is 4.44. The first kappa shape index (κ1) is 22.6. The minimum Gasteiger partial charge on any atom is -0.458 e. The molecule has 0 amide bonds. The Morgan fingerprint density at radius 1 is 0.686 bits per heavy atom. The molecule has 1 atom stereocenters. The topological polar surface area (TPSA) is 52.6 Å². The van der Waals surface area contributed by atoms with Gasteiger partial charge in [0.15, 0.2) is 0 Å². The van der Waals surface area contributed by atoms with Crippen LogP contribution in [0, 0.1) is 5.92 Å². The lowest BCUT2D eigenvalue weighted by Crippen LogP contribution is -2.33. The Labute approximate surface area is 204 Å². The van der Waals surface area contributed by atoms with E-state index in [0.29, 0.717) is 5.56 Å². The summed E-state index contributed by atoms with van der Waals surface area (Å²) in [5.74, 6) is -1.33. The lowest BCUT2D eigenvalue weighted by atomic mass is 9.97. The Hall–Kier alpha value is -4.18. The highest BCUT2D eigenvalue weighted by molar-refractivity contribution is 6.02. The number of esters is 2. The van der Waals surface area contributed by atoms with Crippen LogP contribution in [-0.4, -0.2) is 18.0 Å². The minimum absolute atomic E-state index is 0.0947. The van der Waals surface area contributed by atoms with E-state index in [9.17, 15) is 9.59 Å². The van der Waals surface area contributed by atoms with E-state index in [-0.39, 0.29) is 12.5 Å². The Balaban J connectivity index is 1.37. The fraction of sp³-hybridized carbons (Fsp3) is 0.161. The van der Waals surface area contributed by atoms with Crippen LogP contribution in [-0.2, 0) is 20.9 Å². The summed E-state index contributed by atoms with van der Waals surface area (Å²) in [5.41, 5.74) is 1.35. The second-order valence-corrected chi connectivity index (χ2v) is 9.04. The van der Waals surface area contributed by atoms with E-state index >= 15 is 0 Å². The van der Waals surface area contributed by atoms with Crippen molar-refractivity contribution in [3.05, 3.63) is 108 Å². The van der Waals surface area contributed by atoms with Crippen LogP contribution in [0.15, 0.2) is 97.1 Å². The van der Waals surface area contributed by atoms with Gasteiger partial charge in [-0.1, -0.05) is 92.7 Å². The molecule has 174 valence electrons. The highest BCUT2D eigenvalue weighted by Crippen LogP contribution is 2.29. The van der Waals surface area contributed by atoms with Gasteiger partial charge in [0.1, 0.15) is 6.61 Å². The molecule has 4 nitrogen and oxygen atoms in total. The molecule has 35 heavy (non-hydrogen) atoms. The first-order valence-electron chi connectivity index (χ1n) is 11.8. The van der Waals surface area contributed by atoms with Gasteiger partial charge in [0.25, 0.3) is 0 Å². The van der Waals surface area contributed by atoms with Crippen LogP contribution in [0.25, 0.3) is 32.3 Å². The summed E-state index contributed by atoms with van der Waals surface area (Å²) in [4.78, 5) is 26.0. The van der Waals surface area contributed by atoms with Crippen LogP contribution in [0.2, 0.25) is 0 Å². The van der Waals surface area contributed by atoms with Gasteiger partial charge in [0, 0.05) is 11.5 Å². The average molecular weight is 463 g/mol. The van der Waals surface area contributed by atoms with Crippen LogP contribution < -0.4 is 0 Å². The standard InChI is InChI=1S/C31H26O4/c1-20(2)29(35-30(32)25-16-15-21-9-3-4-10-22(21)17-25)31(33)34-19-28-26-13-7-5-11-23(26)18-24-12-6-8-14-27(24)28/h3-18,20,29H,19H2,1-2H3/t29-/m1/s1. The molecular formula is C31H26O4. The smallest absolute Gasteiger partial charge is 0.348 e. The Morgan fingerprint density at radius 2 is 1.26 bits per heavy atom. The third kappa shape index (κ3) is 4.60. The molecule has 0 fully saturated rings. The molecule has 0 unspecified atom stereocenters. The van der Waals surface area contributed by atoms with E-state index in [0.717, 1.165) is 37.9 Å². The van der Waals surface area contributed by atoms with E-state index in [2.05, 4.69) is 18.2 Å². The SMILES string of the molecule is CC(C)[C@@H](OC(=O)c1ccc2ccccc2c1)C(=O)OCc1c2ccccc2cc2ccccc12. The number of hydrogen-bond donors (Lipinski definition) is 0. The summed E-state index contributed by atoms with van der Waals surface area (Å²) in [6.45, 7) is 3.78. The zero-order valence-corrected chi connectivity index (χ0v) is 19.7. The maximum absolute atomic E-state index is 13.1. The summed E-state index contributed by atoms with van der Waals surface area (Å²) in [6.07, 6.45) is -1.00. The second-order valence-electron chi connectivity index (χ2n) is 9.04. The predicted molar refractivity (Wildman–Crippen MR) is 139 cm³/mol. The Kier molecular flexibility index (Phi) is 6.19. The average Bonchev–Trinajstić information content (AvgIpc) is 2.88. The van der Waals surface area contributed by atoms with Gasteiger partial charge in [0.2, 0.25) is 6.10 Å². The van der Waals surface area contributed by atoms with Crippen molar-refractivity contribution in [1.82, 2.24) is 0 Å². The number of fused-ring (bicyclic) bond motifs is 3. The number of benzene rings is 5. The molecule has 0 heterocycles. The van der Waals surface area contributed by atoms with Crippen molar-refractivity contribution in [1.29, 1.82) is 0 Å². The number of carbonyl (C=O) groups excluding carboxylic acids is 2. The van der Waals surface area contributed by atoms with Gasteiger partial charge in [-0.3, -0.25) is 0 Å². The van der Waals surface area contributed by atoms with Gasteiger partial charge in [0.05, 0.1) is 5.56 Å². The van der Waals surface area contributed by atoms with E-state index in [1.807, 2.05) is 80.6 Å². The van der Waals surface area contributed by atoms with E-state index in [4.69, 9.17) is 9.47 Å². The number of rotatable bonds is 6. The molecule has 0 aliphatic rings. The largest absolute Gasteiger partial charge is 0.458 e. The monoisotopic (exact) mass is 462 g/mol. The van der Waals surface area contributed by atoms with E-state index < -0.39 is 18.0 Å². The first-order valence-corrected chi connectivity index (χ1v) is 11.8. The number of hydrogen-bond acceptors (Lipinski definition) is 4. The van der Waals surface area contributed by atoms with Crippen LogP contribution in [0.4, 0.5) is 0 Å². The molecule has 0 radical (unpaired) electrons. The van der Waals surface area contributed by atoms with E-state index in [1.54, 1.807) is 12.1 Å². The lowest BCUT2D eigenvalue weighted by Gasteiger charge is -2.21. The van der Waals surface area contributed by atoms with Crippen molar-refractivity contribution in [3.63, 3.8) is 0 Å². The fourth-order valence-corrected chi connectivity index (χ4v) is 4.44. The number of carbonyl (C=O) groups is 2. The number of ether oxygens (including phenoxy) is 2. The third-order valence-electron chi connectivity index (χ3n) is 6.30. The highest BCUT2D eigenvalue weighted by Gasteiger charge is 2.29. The van der Waals surface area contributed by atoms with Crippen molar-refractivity contribution >= 4 is 44.3 Å². The van der Waals surface area contributed by atoms with Crippen molar-refractivity contribution < 1.29 is 19.1 Å². The van der Waals surface area contributed by atoms with E-state index in [1.165, 1.54) is 0 Å². The summed E-state index contributed by atoms with van der Waals surface area (Å²) in [6, 6.07) is 31.4. The summed E-state index contributed by atoms with van der Waals surface area (Å²) >= 11 is 0. The van der Waals surface area contributed by atoms with Crippen molar-refractivity contribution in [2.24, 2.45) is 5.92 Å². The van der Waals surface area contributed by atoms with Crippen molar-refractivity contribution in [2.45, 2.75) is 26.6 Å². The zero-order valence-electron chi connectivity index (χ0n) is 19.7. The van der Waals surface area contributed by atoms with Crippen LogP contribution in [0.3, 0.4) is 0 Å². The second kappa shape index (κ2) is 9.59. The van der Waals surface area contributed by atoms with Gasteiger partial charge in [-0.2, -0.15) is 0 Å². The lowest BCUT2D eigenvalue weighted by molar-refractivity contribution is -0.157. The summed E-state index contributed by atoms with van der Waals surface area (Å²) in [5, 5.41) is 6.21. The van der Waals surface area contributed by atoms with Crippen molar-refractivity contribution in [2.75, 3.05) is 0 Å². The van der Waals surface area contributed by atoms with Crippen molar-refractivity contribution in [3.8, 4) is 0 Å². The third-order valence-corrected chi connectivity index (χ3v) is 6.30. The quantitative estimate of drug-likeness (QED) is 0.200. The molecule has 0 saturated carbocycles. The molecule has 0 aliphatic heterocycles.